The van der Waals surface area contributed by atoms with Gasteiger partial charge in [-0.2, -0.15) is 0 Å². The highest BCUT2D eigenvalue weighted by molar-refractivity contribution is 6.96. The normalized spacial score (nSPS) is 15.9. The monoisotopic (exact) mass is 216 g/mol. The Morgan fingerprint density at radius 2 is 1.46 bits per heavy atom. The van der Waals surface area contributed by atoms with Gasteiger partial charge in [0.1, 0.15) is 0 Å². The largest absolute Gasteiger partial charge is 0.0696 e. The van der Waals surface area contributed by atoms with E-state index in [0.29, 0.717) is 0 Å². The van der Waals surface area contributed by atoms with Crippen LogP contribution in [0.2, 0.25) is 43.9 Å². The van der Waals surface area contributed by atoms with E-state index in [0.717, 1.165) is 5.16 Å². The van der Waals surface area contributed by atoms with Crippen molar-refractivity contribution in [1.82, 2.24) is 0 Å². The average Bonchev–Trinajstić information content (AvgIpc) is 1.98. The van der Waals surface area contributed by atoms with Gasteiger partial charge in [0.05, 0.1) is 0 Å². The molecule has 13 heavy (non-hydrogen) atoms. The van der Waals surface area contributed by atoms with Gasteiger partial charge in [0.25, 0.3) is 0 Å². The van der Waals surface area contributed by atoms with Gasteiger partial charge >= 0.3 is 0 Å². The first kappa shape index (κ1) is 13.4. The van der Waals surface area contributed by atoms with E-state index in [-0.39, 0.29) is 0 Å². The topological polar surface area (TPSA) is 0 Å². The minimum atomic E-state index is -0.901. The lowest BCUT2D eigenvalue weighted by Crippen LogP contribution is -2.44. The van der Waals surface area contributed by atoms with Gasteiger partial charge in [0.15, 0.2) is 0 Å². The second kappa shape index (κ2) is 4.78. The molecule has 1 atom stereocenters. The van der Waals surface area contributed by atoms with E-state index in [4.69, 9.17) is 0 Å². The molecule has 0 aromatic rings. The number of hydrogen-bond donors (Lipinski definition) is 0. The van der Waals surface area contributed by atoms with Crippen LogP contribution in [0, 0.1) is 0 Å². The minimum absolute atomic E-state index is 0.884. The van der Waals surface area contributed by atoms with Crippen LogP contribution in [0.4, 0.5) is 0 Å². The highest BCUT2D eigenvalue weighted by Crippen LogP contribution is 2.34. The summed E-state index contributed by atoms with van der Waals surface area (Å²) < 4.78 is 0. The summed E-state index contributed by atoms with van der Waals surface area (Å²) in [6.07, 6.45) is 2.82. The number of hydrogen-bond acceptors (Lipinski definition) is 0. The molecule has 0 saturated heterocycles. The summed E-state index contributed by atoms with van der Waals surface area (Å²) in [5, 5.41) is 1.06. The molecule has 0 amide bonds. The second-order valence-corrected chi connectivity index (χ2v) is 17.7. The third kappa shape index (κ3) is 4.45. The van der Waals surface area contributed by atoms with E-state index in [1.165, 1.54) is 18.9 Å². The van der Waals surface area contributed by atoms with Gasteiger partial charge in [-0.3, -0.25) is 0 Å². The third-order valence-corrected chi connectivity index (χ3v) is 15.2. The highest BCUT2D eigenvalue weighted by Gasteiger charge is 2.36. The summed E-state index contributed by atoms with van der Waals surface area (Å²) >= 11 is 0. The van der Waals surface area contributed by atoms with Crippen LogP contribution in [0.15, 0.2) is 0 Å². The Kier molecular flexibility index (Phi) is 4.94. The molecule has 0 aliphatic rings. The van der Waals surface area contributed by atoms with E-state index in [1.54, 1.807) is 0 Å². The van der Waals surface area contributed by atoms with Crippen molar-refractivity contribution in [1.29, 1.82) is 0 Å². The van der Waals surface area contributed by atoms with Crippen molar-refractivity contribution < 1.29 is 0 Å². The Hall–Kier alpha value is 0.434. The molecule has 0 spiro atoms. The predicted octanol–water partition coefficient (Wildman–Crippen LogP) is 4.76. The fourth-order valence-electron chi connectivity index (χ4n) is 2.02. The van der Waals surface area contributed by atoms with Gasteiger partial charge in [-0.15, -0.1) is 0 Å². The van der Waals surface area contributed by atoms with Crippen molar-refractivity contribution in [2.75, 3.05) is 0 Å². The Bertz CT molecular complexity index is 145. The number of unbranched alkanes of at least 4 members (excludes halogenated alkanes) is 1. The Morgan fingerprint density at radius 3 is 1.77 bits per heavy atom. The van der Waals surface area contributed by atoms with Gasteiger partial charge in [-0.25, -0.2) is 0 Å². The highest BCUT2D eigenvalue weighted by atomic mass is 28.4. The molecule has 0 fully saturated rings. The molecule has 0 N–H and O–H groups in total. The van der Waals surface area contributed by atoms with Gasteiger partial charge < -0.3 is 0 Å². The molecule has 0 aromatic carbocycles. The van der Waals surface area contributed by atoms with Crippen molar-refractivity contribution in [3.8, 4) is 0 Å². The molecule has 80 valence electrons. The van der Waals surface area contributed by atoms with Gasteiger partial charge in [0, 0.05) is 16.1 Å². The van der Waals surface area contributed by atoms with Crippen LogP contribution in [-0.2, 0) is 0 Å². The molecule has 0 saturated carbocycles. The molecule has 0 bridgehead atoms. The van der Waals surface area contributed by atoms with Crippen molar-refractivity contribution in [3.05, 3.63) is 0 Å². The Balaban J connectivity index is 4.27. The van der Waals surface area contributed by atoms with Crippen molar-refractivity contribution in [2.24, 2.45) is 0 Å². The molecular formula is C11H28Si2. The summed E-state index contributed by atoms with van der Waals surface area (Å²) in [7, 11) is -1.79. The second-order valence-electron chi connectivity index (χ2n) is 6.18. The average molecular weight is 217 g/mol. The van der Waals surface area contributed by atoms with Crippen LogP contribution < -0.4 is 0 Å². The molecule has 2 heteroatoms. The lowest BCUT2D eigenvalue weighted by molar-refractivity contribution is 0.859. The maximum atomic E-state index is 2.59. The maximum Gasteiger partial charge on any atom is 0.0475 e. The molecule has 0 heterocycles. The van der Waals surface area contributed by atoms with Crippen LogP contribution in [0.5, 0.6) is 0 Å². The van der Waals surface area contributed by atoms with E-state index >= 15 is 0 Å². The van der Waals surface area contributed by atoms with Crippen LogP contribution in [-0.4, -0.2) is 16.1 Å². The lowest BCUT2D eigenvalue weighted by atomic mass is 10.4. The van der Waals surface area contributed by atoms with Crippen molar-refractivity contribution in [2.45, 2.75) is 70.6 Å². The molecule has 0 nitrogen and oxygen atoms in total. The SMILES string of the molecule is CCCC[Si](C)(C)C(C)[Si](C)(C)C. The van der Waals surface area contributed by atoms with Crippen molar-refractivity contribution in [3.63, 3.8) is 0 Å². The van der Waals surface area contributed by atoms with E-state index in [9.17, 15) is 0 Å². The van der Waals surface area contributed by atoms with Gasteiger partial charge in [-0.1, -0.05) is 70.6 Å². The summed E-state index contributed by atoms with van der Waals surface area (Å²) in [4.78, 5) is 0. The zero-order valence-electron chi connectivity index (χ0n) is 10.7. The lowest BCUT2D eigenvalue weighted by Gasteiger charge is -2.38. The van der Waals surface area contributed by atoms with Crippen LogP contribution in [0.1, 0.15) is 26.7 Å². The van der Waals surface area contributed by atoms with Crippen LogP contribution >= 0.6 is 0 Å². The van der Waals surface area contributed by atoms with Crippen LogP contribution in [0.3, 0.4) is 0 Å². The summed E-state index contributed by atoms with van der Waals surface area (Å²) in [6, 6.07) is 1.54. The minimum Gasteiger partial charge on any atom is -0.0696 e. The molecule has 0 radical (unpaired) electrons. The fraction of sp³-hybridized carbons (Fsp3) is 1.00. The maximum absolute atomic E-state index is 2.59. The molecule has 0 aromatic heterocycles. The van der Waals surface area contributed by atoms with Crippen LogP contribution in [0.25, 0.3) is 0 Å². The van der Waals surface area contributed by atoms with E-state index in [1.807, 2.05) is 0 Å². The summed E-state index contributed by atoms with van der Waals surface area (Å²) in [5.74, 6) is 0. The molecular weight excluding hydrogens is 188 g/mol. The van der Waals surface area contributed by atoms with Gasteiger partial charge in [-0.05, 0) is 0 Å². The van der Waals surface area contributed by atoms with Gasteiger partial charge in [0.2, 0.25) is 0 Å². The first-order valence-corrected chi connectivity index (χ1v) is 12.6. The zero-order valence-corrected chi connectivity index (χ0v) is 12.7. The summed E-state index contributed by atoms with van der Waals surface area (Å²) in [5.41, 5.74) is 0. The molecule has 0 rings (SSSR count). The first-order valence-electron chi connectivity index (χ1n) is 5.72. The predicted molar refractivity (Wildman–Crippen MR) is 70.0 cm³/mol. The molecule has 0 aliphatic heterocycles. The third-order valence-electron chi connectivity index (χ3n) is 3.65. The summed E-state index contributed by atoms with van der Waals surface area (Å²) in [6.45, 7) is 17.6. The molecule has 0 aliphatic carbocycles. The first-order chi connectivity index (χ1) is 5.72. The van der Waals surface area contributed by atoms with E-state index < -0.39 is 16.1 Å². The van der Waals surface area contributed by atoms with Crippen molar-refractivity contribution >= 4 is 16.1 Å². The smallest absolute Gasteiger partial charge is 0.0475 e. The number of rotatable bonds is 5. The standard InChI is InChI=1S/C11H28Si2/c1-8-9-10-13(6,7)11(2)12(3,4)5/h11H,8-10H2,1-7H3. The zero-order chi connectivity index (χ0) is 10.7. The Labute approximate surface area is 87.2 Å². The van der Waals surface area contributed by atoms with E-state index in [2.05, 4.69) is 46.6 Å². The quantitative estimate of drug-likeness (QED) is 0.581. The molecule has 1 unspecified atom stereocenters. The fourth-order valence-corrected chi connectivity index (χ4v) is 13.5. The Morgan fingerprint density at radius 1 is 1.00 bits per heavy atom.